The zero-order valence-corrected chi connectivity index (χ0v) is 16.9. The van der Waals surface area contributed by atoms with Gasteiger partial charge in [0.05, 0.1) is 26.4 Å². The van der Waals surface area contributed by atoms with E-state index in [1.165, 1.54) is 0 Å². The van der Waals surface area contributed by atoms with Gasteiger partial charge < -0.3 is 18.1 Å². The monoisotopic (exact) mass is 376 g/mol. The molecule has 0 amide bonds. The average molecular weight is 376 g/mol. The van der Waals surface area contributed by atoms with Crippen LogP contribution < -0.4 is 0 Å². The van der Waals surface area contributed by atoms with E-state index in [2.05, 4.69) is 6.92 Å². The standard InChI is InChI=1S/C13H30O6P2S/c1-6-11-22-12-13(20(14,16-7-2)17-8-3)21(15,18-9-4)19-10-5/h13H,6-12H2,1-5H3. The molecule has 0 saturated carbocycles. The van der Waals surface area contributed by atoms with Crippen molar-refractivity contribution in [1.29, 1.82) is 0 Å². The summed E-state index contributed by atoms with van der Waals surface area (Å²) >= 11 is 1.55. The van der Waals surface area contributed by atoms with Crippen molar-refractivity contribution < 1.29 is 27.2 Å². The smallest absolute Gasteiger partial charge is 0.308 e. The lowest BCUT2D eigenvalue weighted by Crippen LogP contribution is -2.20. The topological polar surface area (TPSA) is 71.1 Å². The largest absolute Gasteiger partial charge is 0.346 e. The summed E-state index contributed by atoms with van der Waals surface area (Å²) in [7, 11) is -7.17. The van der Waals surface area contributed by atoms with Gasteiger partial charge in [0, 0.05) is 5.75 Å². The molecular weight excluding hydrogens is 346 g/mol. The van der Waals surface area contributed by atoms with Crippen LogP contribution >= 0.6 is 27.0 Å². The van der Waals surface area contributed by atoms with E-state index >= 15 is 0 Å². The molecule has 0 rings (SSSR count). The van der Waals surface area contributed by atoms with Crippen LogP contribution in [0.3, 0.4) is 0 Å². The molecule has 0 aliphatic heterocycles. The summed E-state index contributed by atoms with van der Waals surface area (Å²) in [5.74, 6) is 1.22. The van der Waals surface area contributed by atoms with E-state index in [1.807, 2.05) is 0 Å². The van der Waals surface area contributed by atoms with Crippen molar-refractivity contribution >= 4 is 27.0 Å². The lowest BCUT2D eigenvalue weighted by Gasteiger charge is -2.31. The third-order valence-electron chi connectivity index (χ3n) is 2.58. The first-order chi connectivity index (χ1) is 10.4. The highest BCUT2D eigenvalue weighted by Crippen LogP contribution is 2.70. The summed E-state index contributed by atoms with van der Waals surface area (Å²) in [5, 5.41) is -0.906. The van der Waals surface area contributed by atoms with Gasteiger partial charge in [-0.05, 0) is 39.9 Å². The fourth-order valence-electron chi connectivity index (χ4n) is 1.83. The van der Waals surface area contributed by atoms with Crippen LogP contribution in [0.4, 0.5) is 0 Å². The Labute approximate surface area is 139 Å². The van der Waals surface area contributed by atoms with Crippen LogP contribution in [-0.4, -0.2) is 43.3 Å². The minimum absolute atomic E-state index is 0.213. The summed E-state index contributed by atoms with van der Waals surface area (Å²) in [6.07, 6.45) is 0.971. The molecular formula is C13H30O6P2S. The molecule has 0 saturated heterocycles. The molecule has 134 valence electrons. The molecule has 0 aromatic carbocycles. The summed E-state index contributed by atoms with van der Waals surface area (Å²) in [5.41, 5.74) is 0. The number of rotatable bonds is 14. The minimum atomic E-state index is -3.58. The number of hydrogen-bond donors (Lipinski definition) is 0. The first-order valence-electron chi connectivity index (χ1n) is 7.79. The third-order valence-corrected chi connectivity index (χ3v) is 10.3. The van der Waals surface area contributed by atoms with E-state index in [0.29, 0.717) is 5.75 Å². The van der Waals surface area contributed by atoms with Crippen LogP contribution in [0.1, 0.15) is 41.0 Å². The lowest BCUT2D eigenvalue weighted by atomic mass is 10.6. The molecule has 0 aromatic heterocycles. The van der Waals surface area contributed by atoms with Gasteiger partial charge >= 0.3 is 15.2 Å². The molecule has 22 heavy (non-hydrogen) atoms. The second-order valence-electron chi connectivity index (χ2n) is 4.31. The first-order valence-corrected chi connectivity index (χ1v) is 12.2. The Bertz CT molecular complexity index is 330. The van der Waals surface area contributed by atoms with Crippen LogP contribution in [0.2, 0.25) is 0 Å². The molecule has 0 aliphatic carbocycles. The molecule has 0 bridgehead atoms. The van der Waals surface area contributed by atoms with Crippen molar-refractivity contribution in [3.8, 4) is 0 Å². The molecule has 0 fully saturated rings. The molecule has 0 radical (unpaired) electrons. The van der Waals surface area contributed by atoms with Crippen LogP contribution in [0.25, 0.3) is 0 Å². The van der Waals surface area contributed by atoms with Gasteiger partial charge in [-0.2, -0.15) is 11.8 Å². The van der Waals surface area contributed by atoms with Crippen molar-refractivity contribution in [2.24, 2.45) is 0 Å². The van der Waals surface area contributed by atoms with E-state index in [9.17, 15) is 9.13 Å². The van der Waals surface area contributed by atoms with Gasteiger partial charge in [0.25, 0.3) is 0 Å². The predicted molar refractivity (Wildman–Crippen MR) is 93.1 cm³/mol. The lowest BCUT2D eigenvalue weighted by molar-refractivity contribution is 0.197. The fourth-order valence-corrected chi connectivity index (χ4v) is 9.05. The SMILES string of the molecule is CCCSCC(P(=O)(OCC)OCC)P(=O)(OCC)OCC. The summed E-state index contributed by atoms with van der Waals surface area (Å²) in [6.45, 7) is 9.83. The van der Waals surface area contributed by atoms with Crippen LogP contribution in [-0.2, 0) is 27.2 Å². The second-order valence-corrected chi connectivity index (χ2v) is 10.3. The fraction of sp³-hybridized carbons (Fsp3) is 1.00. The van der Waals surface area contributed by atoms with Gasteiger partial charge in [0.1, 0.15) is 0 Å². The van der Waals surface area contributed by atoms with E-state index < -0.39 is 20.6 Å². The van der Waals surface area contributed by atoms with E-state index in [4.69, 9.17) is 18.1 Å². The number of thioether (sulfide) groups is 1. The van der Waals surface area contributed by atoms with Crippen LogP contribution in [0.5, 0.6) is 0 Å². The Hall–Kier alpha value is 0.650. The predicted octanol–water partition coefficient (Wildman–Crippen LogP) is 4.99. The molecule has 0 unspecified atom stereocenters. The third kappa shape index (κ3) is 7.04. The molecule has 9 heteroatoms. The van der Waals surface area contributed by atoms with Crippen molar-refractivity contribution in [3.63, 3.8) is 0 Å². The molecule has 0 N–H and O–H groups in total. The summed E-state index contributed by atoms with van der Waals surface area (Å²) < 4.78 is 47.8. The Kier molecular flexibility index (Phi) is 12.4. The highest BCUT2D eigenvalue weighted by molar-refractivity contribution is 8.00. The first kappa shape index (κ1) is 22.6. The zero-order valence-electron chi connectivity index (χ0n) is 14.3. The van der Waals surface area contributed by atoms with Gasteiger partial charge in [-0.1, -0.05) is 6.92 Å². The van der Waals surface area contributed by atoms with E-state index in [0.717, 1.165) is 12.2 Å². The maximum absolute atomic E-state index is 13.1. The molecule has 0 heterocycles. The van der Waals surface area contributed by atoms with Crippen molar-refractivity contribution in [2.75, 3.05) is 37.9 Å². The Morgan fingerprint density at radius 1 is 0.773 bits per heavy atom. The Balaban J connectivity index is 5.54. The zero-order chi connectivity index (χ0) is 17.1. The molecule has 0 aliphatic rings. The van der Waals surface area contributed by atoms with Gasteiger partial charge in [0.15, 0.2) is 5.40 Å². The van der Waals surface area contributed by atoms with Crippen molar-refractivity contribution in [1.82, 2.24) is 0 Å². The van der Waals surface area contributed by atoms with Crippen molar-refractivity contribution in [2.45, 2.75) is 46.4 Å². The Morgan fingerprint density at radius 2 is 1.14 bits per heavy atom. The minimum Gasteiger partial charge on any atom is -0.308 e. The van der Waals surface area contributed by atoms with Gasteiger partial charge in [-0.3, -0.25) is 9.13 Å². The highest BCUT2D eigenvalue weighted by Gasteiger charge is 2.50. The summed E-state index contributed by atoms with van der Waals surface area (Å²) in [6, 6.07) is 0. The van der Waals surface area contributed by atoms with Crippen LogP contribution in [0, 0.1) is 0 Å². The highest BCUT2D eigenvalue weighted by atomic mass is 32.2. The summed E-state index contributed by atoms with van der Waals surface area (Å²) in [4.78, 5) is 0. The Morgan fingerprint density at radius 3 is 1.41 bits per heavy atom. The van der Waals surface area contributed by atoms with Gasteiger partial charge in [0.2, 0.25) is 0 Å². The maximum atomic E-state index is 13.1. The number of hydrogen-bond acceptors (Lipinski definition) is 7. The van der Waals surface area contributed by atoms with E-state index in [-0.39, 0.29) is 26.4 Å². The average Bonchev–Trinajstić information content (AvgIpc) is 2.44. The normalized spacial score (nSPS) is 13.0. The van der Waals surface area contributed by atoms with Gasteiger partial charge in [-0.15, -0.1) is 0 Å². The maximum Gasteiger partial charge on any atom is 0.346 e. The second kappa shape index (κ2) is 12.1. The van der Waals surface area contributed by atoms with Crippen molar-refractivity contribution in [3.05, 3.63) is 0 Å². The molecule has 0 spiro atoms. The molecule has 6 nitrogen and oxygen atoms in total. The van der Waals surface area contributed by atoms with Crippen LogP contribution in [0.15, 0.2) is 0 Å². The molecule has 0 aromatic rings. The quantitative estimate of drug-likeness (QED) is 0.312. The van der Waals surface area contributed by atoms with Gasteiger partial charge in [-0.25, -0.2) is 0 Å². The molecule has 0 atom stereocenters. The van der Waals surface area contributed by atoms with E-state index in [1.54, 1.807) is 39.5 Å².